The van der Waals surface area contributed by atoms with Crippen LogP contribution in [0.3, 0.4) is 0 Å². The Hall–Kier alpha value is -4.92. The van der Waals surface area contributed by atoms with E-state index >= 15 is 0 Å². The number of benzene rings is 1. The van der Waals surface area contributed by atoms with Crippen molar-refractivity contribution in [2.24, 2.45) is 10.4 Å². The monoisotopic (exact) mass is 561 g/mol. The summed E-state index contributed by atoms with van der Waals surface area (Å²) < 4.78 is 5.43. The van der Waals surface area contributed by atoms with Crippen LogP contribution in [0, 0.1) is 12.3 Å². The number of aromatic nitrogens is 5. The molecule has 0 bridgehead atoms. The molecule has 0 atom stereocenters. The van der Waals surface area contributed by atoms with Gasteiger partial charge in [0.2, 0.25) is 5.91 Å². The number of carbonyl (C=O) groups is 1. The van der Waals surface area contributed by atoms with Crippen molar-refractivity contribution >= 4 is 28.3 Å². The lowest BCUT2D eigenvalue weighted by molar-refractivity contribution is -0.117. The molecule has 0 radical (unpaired) electrons. The van der Waals surface area contributed by atoms with Crippen LogP contribution >= 0.6 is 0 Å². The molecular formula is C33H35N7O2. The topological polar surface area (TPSA) is 118 Å². The third-order valence-corrected chi connectivity index (χ3v) is 6.65. The number of hydrogen-bond donors (Lipinski definition) is 2. The fourth-order valence-corrected chi connectivity index (χ4v) is 4.73. The Morgan fingerprint density at radius 3 is 2.57 bits per heavy atom. The van der Waals surface area contributed by atoms with E-state index in [9.17, 15) is 4.79 Å². The summed E-state index contributed by atoms with van der Waals surface area (Å²) in [5, 5.41) is 2.96. The van der Waals surface area contributed by atoms with Crippen LogP contribution in [-0.2, 0) is 4.79 Å². The molecule has 5 rings (SSSR count). The maximum Gasteiger partial charge on any atom is 0.224 e. The van der Waals surface area contributed by atoms with Gasteiger partial charge in [-0.3, -0.25) is 19.8 Å². The zero-order chi connectivity index (χ0) is 29.9. The van der Waals surface area contributed by atoms with Crippen LogP contribution in [0.4, 0.5) is 5.69 Å². The van der Waals surface area contributed by atoms with Crippen molar-refractivity contribution in [2.45, 2.75) is 41.0 Å². The van der Waals surface area contributed by atoms with Crippen molar-refractivity contribution in [3.63, 3.8) is 0 Å². The third-order valence-electron chi connectivity index (χ3n) is 6.65. The van der Waals surface area contributed by atoms with E-state index in [0.717, 1.165) is 39.0 Å². The van der Waals surface area contributed by atoms with Crippen LogP contribution in [0.15, 0.2) is 72.2 Å². The molecule has 0 spiro atoms. The van der Waals surface area contributed by atoms with Gasteiger partial charge < -0.3 is 15.0 Å². The Labute approximate surface area is 245 Å². The summed E-state index contributed by atoms with van der Waals surface area (Å²) in [5.74, 6) is 1.32. The molecule has 5 aromatic rings. The van der Waals surface area contributed by atoms with Crippen LogP contribution in [0.5, 0.6) is 5.75 Å². The number of nitrogens with zero attached hydrogens (tertiary/aromatic N) is 5. The van der Waals surface area contributed by atoms with Crippen LogP contribution in [-0.4, -0.2) is 50.2 Å². The second kappa shape index (κ2) is 11.9. The molecule has 0 saturated heterocycles. The van der Waals surface area contributed by atoms with Gasteiger partial charge in [0.05, 0.1) is 47.6 Å². The zero-order valence-electron chi connectivity index (χ0n) is 24.8. The minimum absolute atomic E-state index is 0.0518. The fourth-order valence-electron chi connectivity index (χ4n) is 4.73. The quantitative estimate of drug-likeness (QED) is 0.205. The number of fused-ring (bicyclic) bond motifs is 1. The molecule has 2 N–H and O–H groups in total. The Balaban J connectivity index is 1.52. The maximum atomic E-state index is 12.5. The van der Waals surface area contributed by atoms with Crippen molar-refractivity contribution in [1.82, 2.24) is 24.9 Å². The summed E-state index contributed by atoms with van der Waals surface area (Å²) in [5.41, 5.74) is 7.78. The molecule has 1 amide bonds. The molecule has 214 valence electrons. The van der Waals surface area contributed by atoms with E-state index < -0.39 is 0 Å². The number of ether oxygens (including phenoxy) is 1. The summed E-state index contributed by atoms with van der Waals surface area (Å²) in [6.07, 6.45) is 7.37. The molecule has 0 aliphatic rings. The number of nitrogens with one attached hydrogen (secondary N) is 2. The molecule has 0 unspecified atom stereocenters. The molecule has 1 aromatic carbocycles. The number of hydrogen-bond acceptors (Lipinski definition) is 7. The molecule has 9 nitrogen and oxygen atoms in total. The van der Waals surface area contributed by atoms with Gasteiger partial charge in [-0.15, -0.1) is 0 Å². The van der Waals surface area contributed by atoms with E-state index in [1.165, 1.54) is 0 Å². The fraction of sp³-hybridized carbons (Fsp3) is 0.273. The first-order valence-electron chi connectivity index (χ1n) is 13.9. The minimum atomic E-state index is -0.112. The van der Waals surface area contributed by atoms with Gasteiger partial charge in [-0.05, 0) is 54.7 Å². The first-order valence-corrected chi connectivity index (χ1v) is 13.9. The van der Waals surface area contributed by atoms with Crippen molar-refractivity contribution in [3.05, 3.63) is 84.3 Å². The highest BCUT2D eigenvalue weighted by atomic mass is 16.5. The largest absolute Gasteiger partial charge is 0.497 e. The van der Waals surface area contributed by atoms with Gasteiger partial charge in [0.15, 0.2) is 5.82 Å². The molecule has 0 aliphatic heterocycles. The number of aliphatic imine (C=N–C) groups is 1. The average Bonchev–Trinajstić information content (AvgIpc) is 3.40. The summed E-state index contributed by atoms with van der Waals surface area (Å²) in [6, 6.07) is 13.7. The molecule has 0 fully saturated rings. The number of anilines is 1. The number of aromatic amines is 1. The van der Waals surface area contributed by atoms with Gasteiger partial charge in [-0.25, -0.2) is 9.97 Å². The number of carbonyl (C=O) groups excluding carboxylic acids is 1. The first kappa shape index (κ1) is 28.6. The zero-order valence-corrected chi connectivity index (χ0v) is 24.8. The summed E-state index contributed by atoms with van der Waals surface area (Å²) in [4.78, 5) is 39.6. The number of methoxy groups -OCH3 is 1. The van der Waals surface area contributed by atoms with Gasteiger partial charge in [0.1, 0.15) is 11.5 Å². The maximum absolute atomic E-state index is 12.5. The number of rotatable bonds is 8. The Morgan fingerprint density at radius 2 is 1.81 bits per heavy atom. The van der Waals surface area contributed by atoms with Crippen LogP contribution in [0.1, 0.15) is 51.2 Å². The summed E-state index contributed by atoms with van der Waals surface area (Å²) >= 11 is 0. The van der Waals surface area contributed by atoms with E-state index in [1.54, 1.807) is 25.7 Å². The van der Waals surface area contributed by atoms with Crippen molar-refractivity contribution in [3.8, 4) is 28.1 Å². The first-order chi connectivity index (χ1) is 20.1. The SMILES string of the molecule is CC/N=C(/c1nc2c(-c3cccc(OC)c3)cncc2[nH]1)c1nc(-c2cncc(NC(=O)CC(C)(C)C)c2)ccc1C. The van der Waals surface area contributed by atoms with E-state index in [4.69, 9.17) is 19.7 Å². The smallest absolute Gasteiger partial charge is 0.224 e. The normalized spacial score (nSPS) is 12.0. The molecule has 4 heterocycles. The molecule has 9 heteroatoms. The van der Waals surface area contributed by atoms with E-state index in [-0.39, 0.29) is 11.3 Å². The van der Waals surface area contributed by atoms with Gasteiger partial charge >= 0.3 is 0 Å². The lowest BCUT2D eigenvalue weighted by Crippen LogP contribution is -2.19. The van der Waals surface area contributed by atoms with Gasteiger partial charge in [0.25, 0.3) is 0 Å². The van der Waals surface area contributed by atoms with Crippen molar-refractivity contribution < 1.29 is 9.53 Å². The summed E-state index contributed by atoms with van der Waals surface area (Å²) in [6.45, 7) is 10.6. The van der Waals surface area contributed by atoms with Crippen LogP contribution in [0.25, 0.3) is 33.4 Å². The minimum Gasteiger partial charge on any atom is -0.497 e. The Bertz CT molecular complexity index is 1780. The third kappa shape index (κ3) is 6.35. The van der Waals surface area contributed by atoms with Gasteiger partial charge in [-0.2, -0.15) is 0 Å². The van der Waals surface area contributed by atoms with Gasteiger partial charge in [0, 0.05) is 36.5 Å². The number of aryl methyl sites for hydroxylation is 1. The molecule has 42 heavy (non-hydrogen) atoms. The van der Waals surface area contributed by atoms with Gasteiger partial charge in [-0.1, -0.05) is 39.0 Å². The number of imidazole rings is 1. The molecule has 0 saturated carbocycles. The Kier molecular flexibility index (Phi) is 8.10. The van der Waals surface area contributed by atoms with E-state index in [0.29, 0.717) is 41.6 Å². The molecular weight excluding hydrogens is 526 g/mol. The summed E-state index contributed by atoms with van der Waals surface area (Å²) in [7, 11) is 1.65. The lowest BCUT2D eigenvalue weighted by Gasteiger charge is -2.17. The molecule has 4 aromatic heterocycles. The predicted octanol–water partition coefficient (Wildman–Crippen LogP) is 6.63. The Morgan fingerprint density at radius 1 is 1.00 bits per heavy atom. The van der Waals surface area contributed by atoms with Crippen LogP contribution in [0.2, 0.25) is 0 Å². The average molecular weight is 562 g/mol. The second-order valence-electron chi connectivity index (χ2n) is 11.3. The van der Waals surface area contributed by atoms with E-state index in [2.05, 4.69) is 20.3 Å². The second-order valence-corrected chi connectivity index (χ2v) is 11.3. The highest BCUT2D eigenvalue weighted by Crippen LogP contribution is 2.30. The standard InChI is InChI=1S/C33H35N7O2/c1-7-36-31(32-39-27-19-35-18-25(30(27)40-32)21-9-8-10-24(14-21)42-6)29-20(2)11-12-26(38-29)22-13-23(17-34-16-22)37-28(41)15-33(3,4)5/h8-14,16-19H,7,15H2,1-6H3,(H,37,41)(H,39,40)/b36-31+. The van der Waals surface area contributed by atoms with E-state index in [1.807, 2.05) is 83.3 Å². The molecule has 0 aliphatic carbocycles. The van der Waals surface area contributed by atoms with Crippen molar-refractivity contribution in [2.75, 3.05) is 19.0 Å². The number of pyridine rings is 3. The number of H-pyrrole nitrogens is 1. The lowest BCUT2D eigenvalue weighted by atomic mass is 9.92. The highest BCUT2D eigenvalue weighted by molar-refractivity contribution is 6.12. The van der Waals surface area contributed by atoms with Crippen molar-refractivity contribution in [1.29, 1.82) is 0 Å². The number of amides is 1. The predicted molar refractivity (Wildman–Crippen MR) is 167 cm³/mol. The highest BCUT2D eigenvalue weighted by Gasteiger charge is 2.20. The van der Waals surface area contributed by atoms with Crippen LogP contribution < -0.4 is 10.1 Å².